The Morgan fingerprint density at radius 1 is 0.929 bits per heavy atom. The number of hydrogen-bond acceptors (Lipinski definition) is 9. The number of benzene rings is 3. The van der Waals surface area contributed by atoms with Gasteiger partial charge in [0.2, 0.25) is 23.4 Å². The lowest BCUT2D eigenvalue weighted by atomic mass is 9.73. The van der Waals surface area contributed by atoms with E-state index in [4.69, 9.17) is 9.47 Å². The molecule has 18 heteroatoms. The van der Waals surface area contributed by atoms with Crippen LogP contribution in [0.3, 0.4) is 0 Å². The maximum absolute atomic E-state index is 17.5. The highest BCUT2D eigenvalue weighted by Gasteiger charge is 2.57. The van der Waals surface area contributed by atoms with Crippen molar-refractivity contribution in [3.05, 3.63) is 81.7 Å². The molecule has 0 bridgehead atoms. The van der Waals surface area contributed by atoms with E-state index in [9.17, 15) is 36.0 Å². The maximum Gasteiger partial charge on any atom is 0.534 e. The molecule has 2 amide bonds. The first-order chi connectivity index (χ1) is 26.2. The summed E-state index contributed by atoms with van der Waals surface area (Å²) in [7, 11) is -6.59. The van der Waals surface area contributed by atoms with E-state index in [0.29, 0.717) is 50.7 Å². The highest BCUT2D eigenvalue weighted by Crippen LogP contribution is 2.61. The second kappa shape index (κ2) is 13.6. The number of rotatable bonds is 7. The van der Waals surface area contributed by atoms with Crippen molar-refractivity contribution in [2.24, 2.45) is 0 Å². The summed E-state index contributed by atoms with van der Waals surface area (Å²) in [5.74, 6) is -10.3. The van der Waals surface area contributed by atoms with Gasteiger partial charge in [-0.1, -0.05) is 32.0 Å². The molecule has 0 aliphatic carbocycles. The Balaban J connectivity index is 1.31. The van der Waals surface area contributed by atoms with Crippen LogP contribution in [0.2, 0.25) is 0 Å². The van der Waals surface area contributed by atoms with Crippen molar-refractivity contribution in [3.63, 3.8) is 0 Å². The van der Waals surface area contributed by atoms with Crippen LogP contribution in [0, 0.1) is 17.5 Å². The van der Waals surface area contributed by atoms with Crippen LogP contribution in [0.5, 0.6) is 17.2 Å². The van der Waals surface area contributed by atoms with Gasteiger partial charge in [-0.3, -0.25) is 9.59 Å². The molecule has 4 heterocycles. The van der Waals surface area contributed by atoms with E-state index in [-0.39, 0.29) is 59.5 Å². The largest absolute Gasteiger partial charge is 0.534 e. The standard InChI is InChI=1S/C38H37F6N3O8S/c1-5-27(48)45-13-15-46(16-14-45)28(49)11-8-12-47-31-22(20(2)19-36(47,3)4)17-24-32(29(31)40)53-33-25(37(24)23-10-7-6-9-21(23)35(50)54-37)18-26(39)34(30(33)41)55-56(51,52)38(42,43)44/h6-7,9-10,17-18,20H,5,8,11-16,19H2,1-4H3. The van der Waals surface area contributed by atoms with Crippen molar-refractivity contribution in [2.45, 2.75) is 75.9 Å². The minimum absolute atomic E-state index is 0.00769. The first kappa shape index (κ1) is 39.2. The number of esters is 1. The van der Waals surface area contributed by atoms with Gasteiger partial charge >= 0.3 is 21.6 Å². The quantitative estimate of drug-likeness (QED) is 0.109. The van der Waals surface area contributed by atoms with Gasteiger partial charge in [-0.05, 0) is 56.4 Å². The van der Waals surface area contributed by atoms with Crippen LogP contribution in [-0.2, 0) is 30.0 Å². The Hall–Kier alpha value is -5.00. The molecule has 3 aromatic carbocycles. The van der Waals surface area contributed by atoms with Gasteiger partial charge in [-0.25, -0.2) is 13.6 Å². The van der Waals surface area contributed by atoms with E-state index in [1.54, 1.807) is 21.6 Å². The molecule has 11 nitrogen and oxygen atoms in total. The van der Waals surface area contributed by atoms with Gasteiger partial charge in [0.1, 0.15) is 0 Å². The van der Waals surface area contributed by atoms with E-state index in [0.717, 1.165) is 0 Å². The molecular formula is C38H37F6N3O8S. The molecule has 1 spiro atoms. The summed E-state index contributed by atoms with van der Waals surface area (Å²) in [5.41, 5.74) is -9.45. The van der Waals surface area contributed by atoms with Crippen molar-refractivity contribution in [1.29, 1.82) is 0 Å². The molecule has 0 saturated carbocycles. The number of fused-ring (bicyclic) bond motifs is 7. The maximum atomic E-state index is 17.5. The van der Waals surface area contributed by atoms with E-state index in [1.807, 2.05) is 20.8 Å². The van der Waals surface area contributed by atoms with Crippen LogP contribution in [0.1, 0.15) is 91.9 Å². The van der Waals surface area contributed by atoms with Crippen LogP contribution < -0.4 is 13.8 Å². The lowest BCUT2D eigenvalue weighted by Gasteiger charge is -2.49. The van der Waals surface area contributed by atoms with Gasteiger partial charge in [-0.2, -0.15) is 26.0 Å². The average Bonchev–Trinajstić information content (AvgIpc) is 3.43. The monoisotopic (exact) mass is 809 g/mol. The number of carbonyl (C=O) groups excluding carboxylic acids is 3. The molecule has 1 saturated heterocycles. The fraction of sp³-hybridized carbons (Fsp3) is 0.447. The second-order valence-electron chi connectivity index (χ2n) is 14.9. The first-order valence-electron chi connectivity index (χ1n) is 18.0. The highest BCUT2D eigenvalue weighted by molar-refractivity contribution is 7.88. The zero-order valence-electron chi connectivity index (χ0n) is 30.7. The molecule has 2 atom stereocenters. The molecule has 4 aliphatic heterocycles. The Bertz CT molecular complexity index is 2280. The van der Waals surface area contributed by atoms with E-state index in [2.05, 4.69) is 4.18 Å². The molecule has 4 aliphatic rings. The summed E-state index contributed by atoms with van der Waals surface area (Å²) < 4.78 is 128. The first-order valence-corrected chi connectivity index (χ1v) is 19.4. The van der Waals surface area contributed by atoms with E-state index in [1.165, 1.54) is 30.3 Å². The van der Waals surface area contributed by atoms with E-state index >= 15 is 13.2 Å². The van der Waals surface area contributed by atoms with Gasteiger partial charge in [0.05, 0.1) is 22.4 Å². The van der Waals surface area contributed by atoms with Crippen LogP contribution in [0.4, 0.5) is 32.0 Å². The molecule has 300 valence electrons. The summed E-state index contributed by atoms with van der Waals surface area (Å²) >= 11 is 0. The van der Waals surface area contributed by atoms with Crippen molar-refractivity contribution >= 4 is 33.6 Å². The normalized spacial score (nSPS) is 21.1. The Kier molecular flexibility index (Phi) is 9.52. The average molecular weight is 810 g/mol. The zero-order valence-corrected chi connectivity index (χ0v) is 31.5. The van der Waals surface area contributed by atoms with Crippen LogP contribution in [-0.4, -0.2) is 79.8 Å². The van der Waals surface area contributed by atoms with Gasteiger partial charge in [0.15, 0.2) is 28.7 Å². The number of piperazine rings is 1. The zero-order chi connectivity index (χ0) is 40.7. The van der Waals surface area contributed by atoms with Gasteiger partial charge in [-0.15, -0.1) is 0 Å². The van der Waals surface area contributed by atoms with E-state index < -0.39 is 73.0 Å². The van der Waals surface area contributed by atoms with Crippen molar-refractivity contribution in [1.82, 2.24) is 9.80 Å². The van der Waals surface area contributed by atoms with Crippen molar-refractivity contribution in [2.75, 3.05) is 37.6 Å². The van der Waals surface area contributed by atoms with Crippen LogP contribution in [0.25, 0.3) is 0 Å². The van der Waals surface area contributed by atoms with Crippen molar-refractivity contribution in [3.8, 4) is 17.2 Å². The molecule has 1 fully saturated rings. The molecule has 3 aromatic rings. The molecule has 0 aromatic heterocycles. The number of hydrogen-bond donors (Lipinski definition) is 0. The molecule has 0 N–H and O–H groups in total. The van der Waals surface area contributed by atoms with Gasteiger partial charge < -0.3 is 28.4 Å². The van der Waals surface area contributed by atoms with Crippen LogP contribution >= 0.6 is 0 Å². The number of anilines is 1. The minimum Gasteiger partial charge on any atom is -0.450 e. The molecule has 2 unspecified atom stereocenters. The SMILES string of the molecule is CCC(=O)N1CCN(C(=O)CCCN2c3c(cc4c(c3F)Oc3c(cc(F)c(OS(=O)(=O)C(F)(F)F)c3F)C43OC(=O)c4ccccc43)C(C)CC2(C)C)CC1. The topological polar surface area (TPSA) is 123 Å². The minimum atomic E-state index is -6.59. The lowest BCUT2D eigenvalue weighted by molar-refractivity contribution is -0.139. The molecule has 56 heavy (non-hydrogen) atoms. The number of carbonyl (C=O) groups is 3. The Morgan fingerprint density at radius 2 is 1.54 bits per heavy atom. The van der Waals surface area contributed by atoms with Crippen LogP contribution in [0.15, 0.2) is 36.4 Å². The lowest BCUT2D eigenvalue weighted by Crippen LogP contribution is -2.51. The third kappa shape index (κ3) is 6.10. The predicted molar refractivity (Wildman–Crippen MR) is 187 cm³/mol. The Morgan fingerprint density at radius 3 is 2.18 bits per heavy atom. The van der Waals surface area contributed by atoms with Gasteiger partial charge in [0, 0.05) is 56.7 Å². The predicted octanol–water partition coefficient (Wildman–Crippen LogP) is 6.85. The Labute approximate surface area is 318 Å². The number of amides is 2. The second-order valence-corrected chi connectivity index (χ2v) is 16.4. The van der Waals surface area contributed by atoms with Gasteiger partial charge in [0.25, 0.3) is 0 Å². The molecule has 7 rings (SSSR count). The molecular weight excluding hydrogens is 772 g/mol. The number of nitrogens with zero attached hydrogens (tertiary/aromatic N) is 3. The summed E-state index contributed by atoms with van der Waals surface area (Å²) in [6.45, 7) is 9.12. The fourth-order valence-electron chi connectivity index (χ4n) is 8.36. The summed E-state index contributed by atoms with van der Waals surface area (Å²) in [6.07, 6.45) is 1.23. The number of ether oxygens (including phenoxy) is 2. The summed E-state index contributed by atoms with van der Waals surface area (Å²) in [4.78, 5) is 43.8. The highest BCUT2D eigenvalue weighted by atomic mass is 32.2. The molecule has 0 radical (unpaired) electrons. The summed E-state index contributed by atoms with van der Waals surface area (Å²) in [6, 6.07) is 7.71. The fourth-order valence-corrected chi connectivity index (χ4v) is 8.82. The summed E-state index contributed by atoms with van der Waals surface area (Å²) in [5, 5.41) is 0. The third-order valence-electron chi connectivity index (χ3n) is 11.0. The number of halogens is 6. The van der Waals surface area contributed by atoms with Crippen molar-refractivity contribution < 1.29 is 62.8 Å². The smallest absolute Gasteiger partial charge is 0.450 e. The number of alkyl halides is 3. The third-order valence-corrected chi connectivity index (χ3v) is 11.9.